The van der Waals surface area contributed by atoms with Crippen LogP contribution in [0.5, 0.6) is 0 Å². The van der Waals surface area contributed by atoms with Gasteiger partial charge in [-0.25, -0.2) is 0 Å². The van der Waals surface area contributed by atoms with Crippen molar-refractivity contribution in [3.63, 3.8) is 0 Å². The minimum Gasteiger partial charge on any atom is -0.395 e. The highest BCUT2D eigenvalue weighted by atomic mass is 127. The van der Waals surface area contributed by atoms with Crippen LogP contribution < -0.4 is 5.32 Å². The van der Waals surface area contributed by atoms with Gasteiger partial charge in [0.05, 0.1) is 13.2 Å². The third-order valence-corrected chi connectivity index (χ3v) is 6.99. The Balaban J connectivity index is -0.000000502. The lowest BCUT2D eigenvalue weighted by atomic mass is 10.1. The van der Waals surface area contributed by atoms with Crippen LogP contribution in [0.2, 0.25) is 0 Å². The molecule has 3 N–H and O–H groups in total. The molecule has 0 spiro atoms. The van der Waals surface area contributed by atoms with Gasteiger partial charge in [-0.3, -0.25) is 0 Å². The van der Waals surface area contributed by atoms with E-state index in [-0.39, 0.29) is 13.2 Å². The van der Waals surface area contributed by atoms with E-state index >= 15 is 0 Å². The standard InChI is InChI=1S/C15H33NO.C12H25I.C3H9NO/c1-3-4-5-6-7-8-9-10-11-12-13-16(2)14-15-17;1-2-3-4-5-6-7-8-9-10-11-12-13;1-4-2-3-5/h17H,3-15H2,1-2H3;2-12H2,1H3;4-5H,2-3H2,1H3. The van der Waals surface area contributed by atoms with E-state index in [1.807, 2.05) is 0 Å². The van der Waals surface area contributed by atoms with E-state index in [1.54, 1.807) is 7.05 Å². The molecule has 0 bridgehead atoms. The number of rotatable bonds is 25. The number of likely N-dealkylation sites (N-methyl/N-ethyl adjacent to an activating group) is 2. The van der Waals surface area contributed by atoms with Crippen molar-refractivity contribution in [1.29, 1.82) is 0 Å². The quantitative estimate of drug-likeness (QED) is 0.0550. The third kappa shape index (κ3) is 48.2. The Kier molecular flexibility index (Phi) is 47.7. The summed E-state index contributed by atoms with van der Waals surface area (Å²) in [4.78, 5) is 2.21. The molecule has 0 atom stereocenters. The van der Waals surface area contributed by atoms with Crippen LogP contribution in [0.25, 0.3) is 0 Å². The van der Waals surface area contributed by atoms with Crippen molar-refractivity contribution in [2.75, 3.05) is 51.4 Å². The maximum atomic E-state index is 8.76. The monoisotopic (exact) mass is 614 g/mol. The molecule has 0 aliphatic carbocycles. The van der Waals surface area contributed by atoms with Crippen LogP contribution in [0.4, 0.5) is 0 Å². The maximum Gasteiger partial charge on any atom is 0.0558 e. The van der Waals surface area contributed by atoms with E-state index in [2.05, 4.69) is 53.7 Å². The lowest BCUT2D eigenvalue weighted by Crippen LogP contribution is -2.23. The average Bonchev–Trinajstić information content (AvgIpc) is 2.86. The van der Waals surface area contributed by atoms with E-state index in [4.69, 9.17) is 10.2 Å². The molecule has 35 heavy (non-hydrogen) atoms. The van der Waals surface area contributed by atoms with Crippen molar-refractivity contribution >= 4 is 22.6 Å². The second-order valence-electron chi connectivity index (χ2n) is 9.91. The fourth-order valence-electron chi connectivity index (χ4n) is 3.85. The number of nitrogens with one attached hydrogen (secondary N) is 1. The van der Waals surface area contributed by atoms with Gasteiger partial charge < -0.3 is 20.4 Å². The van der Waals surface area contributed by atoms with Gasteiger partial charge in [0, 0.05) is 13.1 Å². The summed E-state index contributed by atoms with van der Waals surface area (Å²) in [6.07, 6.45) is 28.5. The molecule has 0 aliphatic rings. The maximum absolute atomic E-state index is 8.76. The van der Waals surface area contributed by atoms with Gasteiger partial charge in [-0.1, -0.05) is 152 Å². The van der Waals surface area contributed by atoms with Crippen molar-refractivity contribution in [3.8, 4) is 0 Å². The SMILES string of the molecule is CCCCCCCCCCCCI.CCCCCCCCCCCCN(C)CCO.CNCCO. The summed E-state index contributed by atoms with van der Waals surface area (Å²) >= 11 is 2.47. The van der Waals surface area contributed by atoms with Crippen molar-refractivity contribution in [2.45, 2.75) is 142 Å². The van der Waals surface area contributed by atoms with Crippen LogP contribution in [0.3, 0.4) is 0 Å². The van der Waals surface area contributed by atoms with E-state index in [9.17, 15) is 0 Å². The van der Waals surface area contributed by atoms with E-state index < -0.39 is 0 Å². The molecule has 0 amide bonds. The van der Waals surface area contributed by atoms with Crippen LogP contribution in [0, 0.1) is 0 Å². The average molecular weight is 615 g/mol. The van der Waals surface area contributed by atoms with Gasteiger partial charge in [-0.05, 0) is 37.9 Å². The Morgan fingerprint density at radius 3 is 1.20 bits per heavy atom. The molecule has 0 rings (SSSR count). The van der Waals surface area contributed by atoms with Gasteiger partial charge in [-0.15, -0.1) is 0 Å². The number of aliphatic hydroxyl groups is 2. The molecular weight excluding hydrogens is 547 g/mol. The van der Waals surface area contributed by atoms with Crippen molar-refractivity contribution in [1.82, 2.24) is 10.2 Å². The number of nitrogens with zero attached hydrogens (tertiary/aromatic N) is 1. The zero-order valence-electron chi connectivity index (χ0n) is 24.6. The number of unbranched alkanes of at least 4 members (excludes halogenated alkanes) is 18. The van der Waals surface area contributed by atoms with Gasteiger partial charge in [-0.2, -0.15) is 0 Å². The smallest absolute Gasteiger partial charge is 0.0558 e. The molecule has 0 aliphatic heterocycles. The summed E-state index contributed by atoms with van der Waals surface area (Å²) in [5.74, 6) is 0. The first-order valence-electron chi connectivity index (χ1n) is 15.2. The molecule has 0 saturated carbocycles. The minimum absolute atomic E-state index is 0.233. The summed E-state index contributed by atoms with van der Waals surface area (Å²) in [6.45, 7) is 7.72. The first kappa shape index (κ1) is 40.1. The van der Waals surface area contributed by atoms with Crippen LogP contribution in [-0.2, 0) is 0 Å². The van der Waals surface area contributed by atoms with Gasteiger partial charge in [0.2, 0.25) is 0 Å². The fourth-order valence-corrected chi connectivity index (χ4v) is 4.38. The fraction of sp³-hybridized carbons (Fsp3) is 1.00. The van der Waals surface area contributed by atoms with Gasteiger partial charge in [0.15, 0.2) is 0 Å². The molecule has 5 heteroatoms. The Bertz CT molecular complexity index is 311. The zero-order valence-corrected chi connectivity index (χ0v) is 26.8. The summed E-state index contributed by atoms with van der Waals surface area (Å²) in [5.41, 5.74) is 0. The molecule has 0 heterocycles. The second-order valence-corrected chi connectivity index (χ2v) is 11.0. The summed E-state index contributed by atoms with van der Waals surface area (Å²) < 4.78 is 1.34. The number of hydrogen-bond donors (Lipinski definition) is 3. The van der Waals surface area contributed by atoms with Gasteiger partial charge in [0.25, 0.3) is 0 Å². The molecule has 4 nitrogen and oxygen atoms in total. The van der Waals surface area contributed by atoms with Crippen LogP contribution in [0.15, 0.2) is 0 Å². The largest absolute Gasteiger partial charge is 0.395 e. The van der Waals surface area contributed by atoms with Crippen molar-refractivity contribution < 1.29 is 10.2 Å². The predicted molar refractivity (Wildman–Crippen MR) is 168 cm³/mol. The molecule has 0 aromatic rings. The second kappa shape index (κ2) is 41.7. The lowest BCUT2D eigenvalue weighted by molar-refractivity contribution is 0.219. The molecule has 0 saturated heterocycles. The normalized spacial score (nSPS) is 10.6. The Morgan fingerprint density at radius 2 is 0.914 bits per heavy atom. The topological polar surface area (TPSA) is 55.7 Å². The van der Waals surface area contributed by atoms with Crippen molar-refractivity contribution in [3.05, 3.63) is 0 Å². The first-order valence-corrected chi connectivity index (χ1v) is 16.8. The minimum atomic E-state index is 0.233. The zero-order chi connectivity index (χ0) is 26.7. The predicted octanol–water partition coefficient (Wildman–Crippen LogP) is 8.37. The first-order chi connectivity index (χ1) is 17.1. The molecule has 0 aromatic carbocycles. The number of alkyl halides is 1. The summed E-state index contributed by atoms with van der Waals surface area (Å²) in [6, 6.07) is 0. The molecule has 0 aromatic heterocycles. The van der Waals surface area contributed by atoms with E-state index in [0.717, 1.165) is 13.1 Å². The number of aliphatic hydroxyl groups excluding tert-OH is 2. The molecule has 0 radical (unpaired) electrons. The summed E-state index contributed by atoms with van der Waals surface area (Å²) in [5, 5.41) is 19.5. The number of halogens is 1. The Labute approximate surface area is 235 Å². The molecule has 0 unspecified atom stereocenters. The van der Waals surface area contributed by atoms with Crippen molar-refractivity contribution in [2.24, 2.45) is 0 Å². The molecular formula is C30H67IN2O2. The summed E-state index contributed by atoms with van der Waals surface area (Å²) in [7, 11) is 3.89. The highest BCUT2D eigenvalue weighted by Gasteiger charge is 1.97. The third-order valence-electron chi connectivity index (χ3n) is 6.22. The highest BCUT2D eigenvalue weighted by Crippen LogP contribution is 2.11. The van der Waals surface area contributed by atoms with Gasteiger partial charge in [0.1, 0.15) is 0 Å². The van der Waals surface area contributed by atoms with Crippen LogP contribution >= 0.6 is 22.6 Å². The Morgan fingerprint density at radius 1 is 0.543 bits per heavy atom. The lowest BCUT2D eigenvalue weighted by Gasteiger charge is -2.14. The Hall–Kier alpha value is 0.570. The number of hydrogen-bond acceptors (Lipinski definition) is 4. The molecule has 216 valence electrons. The molecule has 0 fully saturated rings. The van der Waals surface area contributed by atoms with Gasteiger partial charge >= 0.3 is 0 Å². The highest BCUT2D eigenvalue weighted by molar-refractivity contribution is 14.1. The van der Waals surface area contributed by atoms with Crippen LogP contribution in [-0.4, -0.2) is 66.5 Å². The van der Waals surface area contributed by atoms with Crippen LogP contribution in [0.1, 0.15) is 142 Å². The van der Waals surface area contributed by atoms with E-state index in [1.165, 1.54) is 133 Å². The van der Waals surface area contributed by atoms with E-state index in [0.29, 0.717) is 6.54 Å².